The van der Waals surface area contributed by atoms with Crippen molar-refractivity contribution in [3.05, 3.63) is 35.1 Å². The van der Waals surface area contributed by atoms with Gasteiger partial charge in [0.05, 0.1) is 6.54 Å². The minimum absolute atomic E-state index is 0.00937. The van der Waals surface area contributed by atoms with E-state index in [9.17, 15) is 14.0 Å². The standard InChI is InChI=1S/C12H12FN3O2S/c1-15-6-10(17)16(12(15)18)5-8-4-7(11(14)19)2-3-9(8)13/h2-4H,5-6H2,1H3,(H2,14,19). The Morgan fingerprint density at radius 2 is 2.16 bits per heavy atom. The molecule has 1 aliphatic heterocycles. The van der Waals surface area contributed by atoms with E-state index >= 15 is 0 Å². The van der Waals surface area contributed by atoms with E-state index in [-0.39, 0.29) is 29.5 Å². The summed E-state index contributed by atoms with van der Waals surface area (Å²) in [5, 5.41) is 0. The van der Waals surface area contributed by atoms with E-state index in [1.54, 1.807) is 0 Å². The Morgan fingerprint density at radius 3 is 2.68 bits per heavy atom. The van der Waals surface area contributed by atoms with Crippen molar-refractivity contribution < 1.29 is 14.0 Å². The molecule has 3 amide bonds. The van der Waals surface area contributed by atoms with E-state index < -0.39 is 11.8 Å². The lowest BCUT2D eigenvalue weighted by atomic mass is 10.1. The minimum atomic E-state index is -0.504. The van der Waals surface area contributed by atoms with Crippen LogP contribution < -0.4 is 5.73 Å². The molecular weight excluding hydrogens is 269 g/mol. The van der Waals surface area contributed by atoms with E-state index in [2.05, 4.69) is 0 Å². The molecule has 1 aliphatic rings. The lowest BCUT2D eigenvalue weighted by molar-refractivity contribution is -0.125. The number of nitrogens with zero attached hydrogens (tertiary/aromatic N) is 2. The summed E-state index contributed by atoms with van der Waals surface area (Å²) >= 11 is 4.81. The van der Waals surface area contributed by atoms with Gasteiger partial charge in [-0.05, 0) is 18.2 Å². The van der Waals surface area contributed by atoms with Crippen LogP contribution in [0.15, 0.2) is 18.2 Å². The number of urea groups is 1. The van der Waals surface area contributed by atoms with Crippen molar-refractivity contribution in [1.82, 2.24) is 9.80 Å². The number of likely N-dealkylation sites (N-methyl/N-ethyl adjacent to an activating group) is 1. The highest BCUT2D eigenvalue weighted by atomic mass is 32.1. The summed E-state index contributed by atoms with van der Waals surface area (Å²) in [6.07, 6.45) is 0. The van der Waals surface area contributed by atoms with Crippen molar-refractivity contribution in [2.45, 2.75) is 6.54 Å². The topological polar surface area (TPSA) is 66.6 Å². The molecule has 100 valence electrons. The number of carbonyl (C=O) groups excluding carboxylic acids is 2. The molecular formula is C12H12FN3O2S. The summed E-state index contributed by atoms with van der Waals surface area (Å²) in [6.45, 7) is -0.111. The molecule has 0 saturated carbocycles. The van der Waals surface area contributed by atoms with Crippen LogP contribution in [0.2, 0.25) is 0 Å². The molecule has 0 aliphatic carbocycles. The van der Waals surface area contributed by atoms with Crippen LogP contribution in [-0.4, -0.2) is 40.3 Å². The average Bonchev–Trinajstić information content (AvgIpc) is 2.58. The number of nitrogens with two attached hydrogens (primary N) is 1. The van der Waals surface area contributed by atoms with Crippen LogP contribution in [0.25, 0.3) is 0 Å². The zero-order valence-corrected chi connectivity index (χ0v) is 11.0. The number of carbonyl (C=O) groups is 2. The Morgan fingerprint density at radius 1 is 1.47 bits per heavy atom. The van der Waals surface area contributed by atoms with E-state index in [4.69, 9.17) is 18.0 Å². The third-order valence-corrected chi connectivity index (χ3v) is 3.13. The number of rotatable bonds is 3. The predicted octanol–water partition coefficient (Wildman–Crippen LogP) is 0.854. The Hall–Kier alpha value is -2.02. The van der Waals surface area contributed by atoms with Crippen molar-refractivity contribution >= 4 is 29.1 Å². The van der Waals surface area contributed by atoms with Crippen LogP contribution in [0.4, 0.5) is 9.18 Å². The SMILES string of the molecule is CN1CC(=O)N(Cc2cc(C(N)=S)ccc2F)C1=O. The molecule has 0 atom stereocenters. The van der Waals surface area contributed by atoms with Gasteiger partial charge in [-0.15, -0.1) is 0 Å². The van der Waals surface area contributed by atoms with Crippen molar-refractivity contribution in [2.75, 3.05) is 13.6 Å². The summed E-state index contributed by atoms with van der Waals surface area (Å²) in [4.78, 5) is 25.7. The fraction of sp³-hybridized carbons (Fsp3) is 0.250. The molecule has 0 radical (unpaired) electrons. The summed E-state index contributed by atoms with van der Waals surface area (Å²) in [5.74, 6) is -0.859. The van der Waals surface area contributed by atoms with E-state index in [1.165, 1.54) is 30.1 Å². The first-order chi connectivity index (χ1) is 8.90. The number of benzene rings is 1. The molecule has 2 N–H and O–H groups in total. The second-order valence-corrected chi connectivity index (χ2v) is 4.73. The Bertz CT molecular complexity index is 576. The molecule has 0 bridgehead atoms. The van der Waals surface area contributed by atoms with Gasteiger partial charge in [0.15, 0.2) is 0 Å². The fourth-order valence-electron chi connectivity index (χ4n) is 1.84. The number of amides is 3. The highest BCUT2D eigenvalue weighted by Gasteiger charge is 2.33. The first kappa shape index (κ1) is 13.4. The van der Waals surface area contributed by atoms with E-state index in [0.29, 0.717) is 5.56 Å². The van der Waals surface area contributed by atoms with Crippen LogP contribution in [-0.2, 0) is 11.3 Å². The summed E-state index contributed by atoms with van der Waals surface area (Å²) in [6, 6.07) is 3.70. The van der Waals surface area contributed by atoms with Gasteiger partial charge >= 0.3 is 6.03 Å². The van der Waals surface area contributed by atoms with E-state index in [0.717, 1.165) is 4.90 Å². The van der Waals surface area contributed by atoms with Gasteiger partial charge in [-0.3, -0.25) is 9.69 Å². The van der Waals surface area contributed by atoms with Crippen LogP contribution in [0.3, 0.4) is 0 Å². The highest BCUT2D eigenvalue weighted by Crippen LogP contribution is 2.17. The second kappa shape index (κ2) is 4.93. The Balaban J connectivity index is 2.28. The molecule has 1 aromatic rings. The molecule has 0 aromatic heterocycles. The molecule has 2 rings (SSSR count). The van der Waals surface area contributed by atoms with Gasteiger partial charge in [-0.1, -0.05) is 12.2 Å². The third kappa shape index (κ3) is 2.55. The molecule has 0 unspecified atom stereocenters. The smallest absolute Gasteiger partial charge is 0.327 e. The molecule has 1 fully saturated rings. The van der Waals surface area contributed by atoms with Crippen molar-refractivity contribution in [2.24, 2.45) is 5.73 Å². The highest BCUT2D eigenvalue weighted by molar-refractivity contribution is 7.80. The monoisotopic (exact) mass is 281 g/mol. The quantitative estimate of drug-likeness (QED) is 0.659. The van der Waals surface area contributed by atoms with Gasteiger partial charge in [0.2, 0.25) is 0 Å². The van der Waals surface area contributed by atoms with Crippen molar-refractivity contribution in [1.29, 1.82) is 0 Å². The van der Waals surface area contributed by atoms with Gasteiger partial charge in [0, 0.05) is 18.2 Å². The van der Waals surface area contributed by atoms with Crippen LogP contribution in [0.5, 0.6) is 0 Å². The first-order valence-electron chi connectivity index (χ1n) is 5.54. The predicted molar refractivity (Wildman–Crippen MR) is 70.9 cm³/mol. The fourth-order valence-corrected chi connectivity index (χ4v) is 1.97. The lowest BCUT2D eigenvalue weighted by Gasteiger charge is -2.15. The lowest BCUT2D eigenvalue weighted by Crippen LogP contribution is -2.31. The van der Waals surface area contributed by atoms with E-state index in [1.807, 2.05) is 0 Å². The molecule has 0 spiro atoms. The molecule has 7 heteroatoms. The van der Waals surface area contributed by atoms with Gasteiger partial charge < -0.3 is 10.6 Å². The number of thiocarbonyl (C=S) groups is 1. The third-order valence-electron chi connectivity index (χ3n) is 2.89. The zero-order valence-electron chi connectivity index (χ0n) is 10.2. The number of imide groups is 1. The van der Waals surface area contributed by atoms with Crippen LogP contribution >= 0.6 is 12.2 Å². The maximum absolute atomic E-state index is 13.7. The zero-order chi connectivity index (χ0) is 14.2. The molecule has 19 heavy (non-hydrogen) atoms. The van der Waals surface area contributed by atoms with Crippen molar-refractivity contribution in [3.63, 3.8) is 0 Å². The first-order valence-corrected chi connectivity index (χ1v) is 5.94. The minimum Gasteiger partial charge on any atom is -0.389 e. The number of hydrogen-bond donors (Lipinski definition) is 1. The van der Waals surface area contributed by atoms with Crippen LogP contribution in [0, 0.1) is 5.82 Å². The van der Waals surface area contributed by atoms with Gasteiger partial charge in [0.1, 0.15) is 17.4 Å². The van der Waals surface area contributed by atoms with Gasteiger partial charge in [-0.25, -0.2) is 9.18 Å². The Labute approximate surface area is 114 Å². The summed E-state index contributed by atoms with van der Waals surface area (Å²) < 4.78 is 13.7. The maximum atomic E-state index is 13.7. The van der Waals surface area contributed by atoms with Gasteiger partial charge in [-0.2, -0.15) is 0 Å². The average molecular weight is 281 g/mol. The molecule has 1 heterocycles. The Kier molecular flexibility index (Phi) is 3.48. The van der Waals surface area contributed by atoms with Gasteiger partial charge in [0.25, 0.3) is 5.91 Å². The molecule has 1 aromatic carbocycles. The number of hydrogen-bond acceptors (Lipinski definition) is 3. The molecule has 1 saturated heterocycles. The summed E-state index contributed by atoms with van der Waals surface area (Å²) in [7, 11) is 1.52. The molecule has 5 nitrogen and oxygen atoms in total. The maximum Gasteiger partial charge on any atom is 0.327 e. The number of halogens is 1. The van der Waals surface area contributed by atoms with Crippen LogP contribution in [0.1, 0.15) is 11.1 Å². The summed E-state index contributed by atoms with van der Waals surface area (Å²) in [5.41, 5.74) is 6.18. The normalized spacial score (nSPS) is 15.3. The second-order valence-electron chi connectivity index (χ2n) is 4.29. The largest absolute Gasteiger partial charge is 0.389 e. The van der Waals surface area contributed by atoms with Crippen molar-refractivity contribution in [3.8, 4) is 0 Å².